The van der Waals surface area contributed by atoms with Crippen LogP contribution in [0, 0.1) is 41.4 Å². The van der Waals surface area contributed by atoms with Gasteiger partial charge in [-0.25, -0.2) is 0 Å². The third kappa shape index (κ3) is 9.05. The van der Waals surface area contributed by atoms with Gasteiger partial charge < -0.3 is 28.0 Å². The Morgan fingerprint density at radius 3 is 1.48 bits per heavy atom. The maximum atomic E-state index is 13.8. The number of hydrogen-bond acceptors (Lipinski definition) is 10. The highest BCUT2D eigenvalue weighted by atomic mass is 32.2. The van der Waals surface area contributed by atoms with Crippen molar-refractivity contribution < 1.29 is 45.2 Å². The van der Waals surface area contributed by atoms with Gasteiger partial charge in [0.05, 0.1) is 69.0 Å². The molecule has 0 amide bonds. The molecule has 8 saturated carbocycles. The summed E-state index contributed by atoms with van der Waals surface area (Å²) < 4.78 is 80.8. The summed E-state index contributed by atoms with van der Waals surface area (Å²) in [6, 6.07) is 6.28. The van der Waals surface area contributed by atoms with Crippen LogP contribution in [0.25, 0.3) is 0 Å². The number of aryl methyl sites for hydroxylation is 1. The van der Waals surface area contributed by atoms with Crippen LogP contribution in [-0.4, -0.2) is 78.8 Å². The molecule has 0 spiro atoms. The standard InChI is InChI=1S/C40H63O10PS/c1-4-37-20-32-18-33(21-37)25-39(24-32,28-37)46-14-10-44-12-16-48-51(41,30-50-52(42,43)36-8-6-31(3)7-9-36)49-17-13-45-11-15-47-40-26-34-19-35(27-40)23-38(5-2,22-34)29-40/h6-9,32-35H,4-5,10-30H2,1-3H3. The Hall–Kier alpha value is -0.880. The molecule has 9 rings (SSSR count). The molecule has 1 aromatic carbocycles. The highest BCUT2D eigenvalue weighted by Gasteiger charge is 2.58. The van der Waals surface area contributed by atoms with E-state index in [9.17, 15) is 13.0 Å². The van der Waals surface area contributed by atoms with Crippen LogP contribution in [0.4, 0.5) is 0 Å². The van der Waals surface area contributed by atoms with Gasteiger partial charge in [0.1, 0.15) is 0 Å². The van der Waals surface area contributed by atoms with Gasteiger partial charge in [-0.05, 0) is 131 Å². The van der Waals surface area contributed by atoms with Crippen LogP contribution in [0.5, 0.6) is 0 Å². The van der Waals surface area contributed by atoms with Gasteiger partial charge in [0, 0.05) is 0 Å². The Bertz CT molecular complexity index is 1420. The molecular weight excluding hydrogens is 703 g/mol. The Balaban J connectivity index is 0.841. The van der Waals surface area contributed by atoms with Crippen molar-refractivity contribution in [2.45, 2.75) is 127 Å². The molecule has 1 aromatic rings. The van der Waals surface area contributed by atoms with Crippen LogP contribution in [0.1, 0.15) is 109 Å². The van der Waals surface area contributed by atoms with E-state index in [1.807, 2.05) is 6.92 Å². The highest BCUT2D eigenvalue weighted by Crippen LogP contribution is 2.65. The molecule has 4 unspecified atom stereocenters. The van der Waals surface area contributed by atoms with E-state index in [-0.39, 0.29) is 42.5 Å². The van der Waals surface area contributed by atoms with E-state index in [1.165, 1.54) is 89.2 Å². The fraction of sp³-hybridized carbons (Fsp3) is 0.850. The Morgan fingerprint density at radius 1 is 0.635 bits per heavy atom. The van der Waals surface area contributed by atoms with Crippen LogP contribution < -0.4 is 0 Å². The number of hydrogen-bond donors (Lipinski definition) is 0. The highest BCUT2D eigenvalue weighted by molar-refractivity contribution is 7.87. The molecule has 10 nitrogen and oxygen atoms in total. The molecule has 294 valence electrons. The largest absolute Gasteiger partial charge is 0.377 e. The Morgan fingerprint density at radius 2 is 1.06 bits per heavy atom. The van der Waals surface area contributed by atoms with Crippen LogP contribution in [0.15, 0.2) is 29.2 Å². The lowest BCUT2D eigenvalue weighted by atomic mass is 9.47. The Labute approximate surface area is 312 Å². The summed E-state index contributed by atoms with van der Waals surface area (Å²) in [6.07, 6.45) is 16.9. The predicted molar refractivity (Wildman–Crippen MR) is 198 cm³/mol. The maximum Gasteiger partial charge on any atom is 0.357 e. The monoisotopic (exact) mass is 766 g/mol. The normalized spacial score (nSPS) is 37.1. The van der Waals surface area contributed by atoms with E-state index in [2.05, 4.69) is 13.8 Å². The van der Waals surface area contributed by atoms with Crippen molar-refractivity contribution in [1.82, 2.24) is 0 Å². The molecule has 0 aromatic heterocycles. The average Bonchev–Trinajstić information content (AvgIpc) is 3.09. The van der Waals surface area contributed by atoms with Gasteiger partial charge in [0.15, 0.2) is 6.35 Å². The van der Waals surface area contributed by atoms with Crippen molar-refractivity contribution in [2.75, 3.05) is 59.2 Å². The summed E-state index contributed by atoms with van der Waals surface area (Å²) >= 11 is 0. The second-order valence-corrected chi connectivity index (χ2v) is 21.3. The third-order valence-electron chi connectivity index (χ3n) is 13.7. The second-order valence-electron chi connectivity index (χ2n) is 17.7. The van der Waals surface area contributed by atoms with E-state index in [4.69, 9.17) is 32.2 Å². The molecule has 0 heterocycles. The van der Waals surface area contributed by atoms with Gasteiger partial charge in [-0.2, -0.15) is 8.42 Å². The SMILES string of the molecule is CCC12CC3CC(C1)CC(OCCOCCOP(=O)(COS(=O)(=O)c1ccc(C)cc1)OCCOCCOC14CC5CC(CC(CC)(C5)C1)C4)(C3)C2. The smallest absolute Gasteiger partial charge is 0.357 e. The molecule has 8 aliphatic carbocycles. The first-order chi connectivity index (χ1) is 24.9. The van der Waals surface area contributed by atoms with E-state index in [0.717, 1.165) is 42.1 Å². The first-order valence-electron chi connectivity index (χ1n) is 20.2. The summed E-state index contributed by atoms with van der Waals surface area (Å²) in [6.45, 7) is 8.60. The van der Waals surface area contributed by atoms with Crippen molar-refractivity contribution >= 4 is 17.7 Å². The molecule has 0 saturated heterocycles. The average molecular weight is 767 g/mol. The third-order valence-corrected chi connectivity index (χ3v) is 16.8. The fourth-order valence-electron chi connectivity index (χ4n) is 12.2. The summed E-state index contributed by atoms with van der Waals surface area (Å²) in [5.74, 6) is 3.17. The zero-order chi connectivity index (χ0) is 36.5. The lowest BCUT2D eigenvalue weighted by Crippen LogP contribution is -2.56. The maximum absolute atomic E-state index is 13.8. The van der Waals surface area contributed by atoms with Gasteiger partial charge in [-0.15, -0.1) is 0 Å². The van der Waals surface area contributed by atoms with Gasteiger partial charge in [0.25, 0.3) is 10.1 Å². The lowest BCUT2D eigenvalue weighted by molar-refractivity contribution is -0.198. The molecular formula is C40H63O10PS. The molecule has 8 bridgehead atoms. The minimum absolute atomic E-state index is 0.00924. The van der Waals surface area contributed by atoms with Crippen molar-refractivity contribution in [3.05, 3.63) is 29.8 Å². The summed E-state index contributed by atoms with van der Waals surface area (Å²) in [5, 5.41) is 0. The lowest BCUT2D eigenvalue weighted by Gasteiger charge is -2.61. The zero-order valence-electron chi connectivity index (χ0n) is 31.8. The van der Waals surface area contributed by atoms with Crippen LogP contribution >= 0.6 is 7.60 Å². The fourth-order valence-corrected chi connectivity index (χ4v) is 14.8. The van der Waals surface area contributed by atoms with Crippen molar-refractivity contribution in [3.8, 4) is 0 Å². The van der Waals surface area contributed by atoms with Crippen LogP contribution in [-0.2, 0) is 46.9 Å². The molecule has 0 radical (unpaired) electrons. The molecule has 0 aliphatic heterocycles. The first-order valence-corrected chi connectivity index (χ1v) is 23.3. The number of rotatable bonds is 22. The van der Waals surface area contributed by atoms with Crippen molar-refractivity contribution in [1.29, 1.82) is 0 Å². The van der Waals surface area contributed by atoms with Gasteiger partial charge in [-0.1, -0.05) is 44.4 Å². The van der Waals surface area contributed by atoms with Crippen LogP contribution in [0.2, 0.25) is 0 Å². The quantitative estimate of drug-likeness (QED) is 0.0647. The van der Waals surface area contributed by atoms with Gasteiger partial charge >= 0.3 is 7.60 Å². The van der Waals surface area contributed by atoms with Crippen molar-refractivity contribution in [3.63, 3.8) is 0 Å². The van der Waals surface area contributed by atoms with E-state index in [0.29, 0.717) is 37.3 Å². The zero-order valence-corrected chi connectivity index (χ0v) is 33.5. The van der Waals surface area contributed by atoms with Crippen LogP contribution in [0.3, 0.4) is 0 Å². The van der Waals surface area contributed by atoms with E-state index in [1.54, 1.807) is 12.1 Å². The molecule has 0 N–H and O–H groups in total. The summed E-state index contributed by atoms with van der Waals surface area (Å²) in [4.78, 5) is -0.0240. The summed E-state index contributed by atoms with van der Waals surface area (Å²) in [5.41, 5.74) is 1.81. The predicted octanol–water partition coefficient (Wildman–Crippen LogP) is 8.45. The number of benzene rings is 1. The van der Waals surface area contributed by atoms with E-state index < -0.39 is 24.1 Å². The van der Waals surface area contributed by atoms with E-state index >= 15 is 0 Å². The minimum Gasteiger partial charge on any atom is -0.377 e. The molecule has 52 heavy (non-hydrogen) atoms. The number of ether oxygens (including phenoxy) is 4. The Kier molecular flexibility index (Phi) is 12.1. The van der Waals surface area contributed by atoms with Crippen molar-refractivity contribution in [2.24, 2.45) is 34.5 Å². The topological polar surface area (TPSA) is 116 Å². The van der Waals surface area contributed by atoms with Gasteiger partial charge in [0.2, 0.25) is 0 Å². The second kappa shape index (κ2) is 15.9. The molecule has 8 fully saturated rings. The first kappa shape index (κ1) is 39.4. The van der Waals surface area contributed by atoms with Gasteiger partial charge in [-0.3, -0.25) is 8.75 Å². The molecule has 12 heteroatoms. The molecule has 4 atom stereocenters. The minimum atomic E-state index is -4.17. The molecule has 8 aliphatic rings. The summed E-state index contributed by atoms with van der Waals surface area (Å²) in [7, 11) is -8.16.